The van der Waals surface area contributed by atoms with Crippen molar-refractivity contribution in [3.8, 4) is 47.0 Å². The van der Waals surface area contributed by atoms with Crippen LogP contribution in [0.3, 0.4) is 0 Å². The van der Waals surface area contributed by atoms with E-state index in [0.29, 0.717) is 95.7 Å². The van der Waals surface area contributed by atoms with Gasteiger partial charge < -0.3 is 34.8 Å². The fraction of sp³-hybridized carbons (Fsp3) is 0.344. The molecule has 1 aliphatic heterocycles. The average Bonchev–Trinajstić information content (AvgIpc) is 1.42. The predicted molar refractivity (Wildman–Crippen MR) is 360 cm³/mol. The van der Waals surface area contributed by atoms with Crippen LogP contribution in [0.2, 0.25) is 6.32 Å². The molecule has 0 spiro atoms. The fourth-order valence-electron chi connectivity index (χ4n) is 9.47. The Balaban J connectivity index is 1.08. The number of hydrogen-bond donors (Lipinski definition) is 7. The van der Waals surface area contributed by atoms with E-state index in [1.54, 1.807) is 67.0 Å². The van der Waals surface area contributed by atoms with Gasteiger partial charge >= 0.3 is 0 Å². The highest BCUT2D eigenvalue weighted by molar-refractivity contribution is 7.88. The van der Waals surface area contributed by atoms with Gasteiger partial charge in [0.2, 0.25) is 39.2 Å². The number of aromatic nitrogens is 3. The van der Waals surface area contributed by atoms with Gasteiger partial charge in [-0.3, -0.25) is 51.9 Å². The molecule has 0 bridgehead atoms. The summed E-state index contributed by atoms with van der Waals surface area (Å²) in [6, 6.07) is 31.3. The number of carbonyl (C=O) groups is 3. The van der Waals surface area contributed by atoms with Crippen molar-refractivity contribution in [3.05, 3.63) is 165 Å². The maximum Gasteiger partial charge on any atom is 0.284 e. The Kier molecular flexibility index (Phi) is 26.2. The Morgan fingerprint density at radius 2 is 0.926 bits per heavy atom. The summed E-state index contributed by atoms with van der Waals surface area (Å²) in [5.41, 5.74) is 5.89. The van der Waals surface area contributed by atoms with Gasteiger partial charge in [0.1, 0.15) is 27.8 Å². The Hall–Kier alpha value is -7.67. The molecule has 31 heteroatoms. The summed E-state index contributed by atoms with van der Waals surface area (Å²) >= 11 is 0. The molecular formula is C64H72BN8O17P3S2. The molecule has 95 heavy (non-hydrogen) atoms. The molecule has 500 valence electrons. The SMILES string of the molecule is [B]CCC(=O)C(C(=O)NCC(C(=O)NCCCOc1ccc(C#Cc2cc(CN3CCN(Cc4cc(C#Cc5ccc(C)cc5)cc(P(C)(=O)O)n4)CCN(Cc4cc(C#Cc5ccc(OC)cc5)cc(P(C)(=O)O)n4)CC3)nc(P(C)(=O)O)c2)cc1)S(=O)(=O)O)S(=O)(=O)O. The molecule has 6 aromatic rings. The minimum absolute atomic E-state index is 0.000643. The van der Waals surface area contributed by atoms with Gasteiger partial charge in [-0.1, -0.05) is 59.5 Å². The quantitative estimate of drug-likeness (QED) is 0.0114. The number of nitrogens with zero attached hydrogens (tertiary/aromatic N) is 6. The molecule has 1 aliphatic rings. The second kappa shape index (κ2) is 33.3. The number of ether oxygens (including phenoxy) is 2. The number of rotatable bonds is 24. The largest absolute Gasteiger partial charge is 0.497 e. The van der Waals surface area contributed by atoms with Crippen LogP contribution in [0, 0.1) is 42.4 Å². The van der Waals surface area contributed by atoms with Crippen molar-refractivity contribution in [1.29, 1.82) is 0 Å². The molecule has 25 nitrogen and oxygen atoms in total. The van der Waals surface area contributed by atoms with Gasteiger partial charge in [-0.25, -0.2) is 15.0 Å². The van der Waals surface area contributed by atoms with Gasteiger partial charge in [-0.2, -0.15) is 16.8 Å². The molecule has 7 N–H and O–H groups in total. The lowest BCUT2D eigenvalue weighted by atomic mass is 9.98. The molecule has 5 unspecified atom stereocenters. The first-order chi connectivity index (χ1) is 44.7. The normalized spacial score (nSPS) is 15.9. The lowest BCUT2D eigenvalue weighted by molar-refractivity contribution is -0.127. The van der Waals surface area contributed by atoms with Gasteiger partial charge in [-0.15, -0.1) is 0 Å². The lowest BCUT2D eigenvalue weighted by Crippen LogP contribution is -2.51. The molecule has 1 saturated heterocycles. The monoisotopic (exact) mass is 1390 g/mol. The first kappa shape index (κ1) is 74.7. The molecule has 0 aliphatic carbocycles. The Morgan fingerprint density at radius 3 is 1.27 bits per heavy atom. The summed E-state index contributed by atoms with van der Waals surface area (Å²) in [6.07, 6.45) is -0.864. The zero-order valence-electron chi connectivity index (χ0n) is 52.7. The lowest BCUT2D eigenvalue weighted by Gasteiger charge is -2.26. The molecule has 2 radical (unpaired) electrons. The van der Waals surface area contributed by atoms with E-state index in [1.807, 2.05) is 43.3 Å². The summed E-state index contributed by atoms with van der Waals surface area (Å²) in [6.45, 7) is 7.82. The predicted octanol–water partition coefficient (Wildman–Crippen LogP) is 2.84. The number of amides is 2. The minimum Gasteiger partial charge on any atom is -0.497 e. The molecule has 4 heterocycles. The van der Waals surface area contributed by atoms with E-state index in [2.05, 4.69) is 70.5 Å². The van der Waals surface area contributed by atoms with Gasteiger partial charge in [0.25, 0.3) is 20.2 Å². The molecule has 1 fully saturated rings. The third-order valence-electron chi connectivity index (χ3n) is 14.5. The molecule has 5 atom stereocenters. The van der Waals surface area contributed by atoms with Crippen LogP contribution in [0.5, 0.6) is 11.5 Å². The van der Waals surface area contributed by atoms with Crippen molar-refractivity contribution in [2.24, 2.45) is 0 Å². The third-order valence-corrected chi connectivity index (χ3v) is 19.9. The van der Waals surface area contributed by atoms with Gasteiger partial charge in [0.05, 0.1) is 38.6 Å². The highest BCUT2D eigenvalue weighted by atomic mass is 32.2. The summed E-state index contributed by atoms with van der Waals surface area (Å²) < 4.78 is 117. The zero-order chi connectivity index (χ0) is 69.3. The van der Waals surface area contributed by atoms with Crippen LogP contribution in [0.25, 0.3) is 0 Å². The number of Topliss-reactive ketones (excluding diaryl/α,β-unsaturated/α-hetero) is 1. The third kappa shape index (κ3) is 23.9. The number of hydrogen-bond acceptors (Lipinski definition) is 18. The molecule has 3 aromatic heterocycles. The van der Waals surface area contributed by atoms with Crippen LogP contribution in [0.1, 0.15) is 68.9 Å². The van der Waals surface area contributed by atoms with Crippen molar-refractivity contribution in [1.82, 2.24) is 40.3 Å². The van der Waals surface area contributed by atoms with Gasteiger partial charge in [0, 0.05) is 132 Å². The number of ketones is 1. The Morgan fingerprint density at radius 1 is 0.558 bits per heavy atom. The Labute approximate surface area is 554 Å². The Bertz CT molecular complexity index is 4370. The van der Waals surface area contributed by atoms with Gasteiger partial charge in [-0.05, 0) is 110 Å². The standard InChI is InChI=1S/C64H72BN8O17P3S2/c1-45-7-9-46(10-8-45)11-14-49-35-52(68-59(38-49)91(3,77)78)42-71-28-30-72(43-53-36-50(39-60(69-53)92(4,79)80)15-12-47-17-21-55(89-2)22-18-47)32-33-73(31-29-71)44-54-37-51(40-61(70-54)93(5,81)82)16-13-48-19-23-56(24-20-48)90-34-6-27-66-63(75)58(94(83,84)85)41-67-64(76)62(95(86,87)88)57(74)25-26-65/h7-10,17-24,35-40,58,62H,6,25-34,41-44H2,1-5H3,(H,66,75)(H,67,76)(H,77,78)(H,79,80)(H,81,82)(H,83,84,85)(H,86,87,88). The van der Waals surface area contributed by atoms with E-state index in [-0.39, 0.29) is 61.8 Å². The maximum absolute atomic E-state index is 13.3. The number of pyridine rings is 3. The fourth-order valence-corrected chi connectivity index (χ4v) is 13.0. The smallest absolute Gasteiger partial charge is 0.284 e. The molecule has 7 rings (SSSR count). The summed E-state index contributed by atoms with van der Waals surface area (Å²) in [5, 5.41) is -0.881. The molecule has 2 amide bonds. The van der Waals surface area contributed by atoms with E-state index < -0.39 is 83.4 Å². The highest BCUT2D eigenvalue weighted by Crippen LogP contribution is 2.35. The van der Waals surface area contributed by atoms with E-state index in [4.69, 9.17) is 17.3 Å². The van der Waals surface area contributed by atoms with Gasteiger partial charge in [0.15, 0.2) is 11.0 Å². The molecular weight excluding hydrogens is 1320 g/mol. The van der Waals surface area contributed by atoms with E-state index in [0.717, 1.165) is 11.1 Å². The second-order valence-electron chi connectivity index (χ2n) is 22.6. The minimum atomic E-state index is -5.30. The van der Waals surface area contributed by atoms with Crippen molar-refractivity contribution in [2.75, 3.05) is 86.1 Å². The first-order valence-corrected chi connectivity index (χ1v) is 38.9. The van der Waals surface area contributed by atoms with Crippen molar-refractivity contribution >= 4 is 84.1 Å². The van der Waals surface area contributed by atoms with Crippen LogP contribution in [-0.4, -0.2) is 192 Å². The van der Waals surface area contributed by atoms with E-state index in [1.165, 1.54) is 38.2 Å². The van der Waals surface area contributed by atoms with Crippen LogP contribution < -0.4 is 36.4 Å². The molecule has 0 saturated carbocycles. The number of methoxy groups -OCH3 is 1. The first-order valence-electron chi connectivity index (χ1n) is 29.6. The average molecular weight is 1390 g/mol. The van der Waals surface area contributed by atoms with Crippen molar-refractivity contribution < 1.29 is 78.2 Å². The van der Waals surface area contributed by atoms with Crippen LogP contribution >= 0.6 is 22.1 Å². The van der Waals surface area contributed by atoms with Crippen LogP contribution in [0.4, 0.5) is 0 Å². The number of carbonyl (C=O) groups excluding carboxylic acids is 3. The number of benzene rings is 3. The van der Waals surface area contributed by atoms with Crippen molar-refractivity contribution in [2.45, 2.75) is 56.2 Å². The number of nitrogens with one attached hydrogen (secondary N) is 2. The summed E-state index contributed by atoms with van der Waals surface area (Å²) in [4.78, 5) is 90.4. The summed E-state index contributed by atoms with van der Waals surface area (Å²) in [5.74, 6) is 15.6. The second-order valence-corrected chi connectivity index (χ2v) is 32.3. The zero-order valence-corrected chi connectivity index (χ0v) is 57.0. The summed E-state index contributed by atoms with van der Waals surface area (Å²) in [7, 11) is -15.3. The van der Waals surface area contributed by atoms with E-state index >= 15 is 0 Å². The van der Waals surface area contributed by atoms with Crippen LogP contribution in [0.15, 0.2) is 109 Å². The topological polar surface area (TPSA) is 363 Å². The molecule has 3 aromatic carbocycles. The maximum atomic E-state index is 13.3. The highest BCUT2D eigenvalue weighted by Gasteiger charge is 2.39. The van der Waals surface area contributed by atoms with Crippen molar-refractivity contribution in [3.63, 3.8) is 0 Å². The van der Waals surface area contributed by atoms with E-state index in [9.17, 15) is 68.7 Å². The number of aryl methyl sites for hydroxylation is 1. The van der Waals surface area contributed by atoms with Crippen LogP contribution in [-0.2, 0) is 67.9 Å².